The maximum atomic E-state index is 12.9. The fourth-order valence-corrected chi connectivity index (χ4v) is 3.45. The van der Waals surface area contributed by atoms with Crippen molar-refractivity contribution in [2.45, 2.75) is 62.7 Å². The molecule has 0 aromatic carbocycles. The van der Waals surface area contributed by atoms with Crippen molar-refractivity contribution in [3.63, 3.8) is 0 Å². The summed E-state index contributed by atoms with van der Waals surface area (Å²) in [6.07, 6.45) is 1.61. The summed E-state index contributed by atoms with van der Waals surface area (Å²) in [6, 6.07) is -4.34. The van der Waals surface area contributed by atoms with Crippen LogP contribution in [-0.2, 0) is 24.0 Å². The average molecular weight is 461 g/mol. The Balaban J connectivity index is 2.98. The molecule has 13 heteroatoms. The first-order valence-electron chi connectivity index (χ1n) is 10.1. The quantitative estimate of drug-likeness (QED) is 0.113. The van der Waals surface area contributed by atoms with Gasteiger partial charge in [-0.15, -0.1) is 0 Å². The Morgan fingerprint density at radius 3 is 2.29 bits per heavy atom. The van der Waals surface area contributed by atoms with Crippen LogP contribution >= 0.6 is 12.6 Å². The highest BCUT2D eigenvalue weighted by Crippen LogP contribution is 2.19. The fraction of sp³-hybridized carbons (Fsp3) is 0.722. The lowest BCUT2D eigenvalue weighted by molar-refractivity contribution is -0.149. The van der Waals surface area contributed by atoms with Crippen LogP contribution in [0.3, 0.4) is 0 Å². The number of hydrogen-bond acceptors (Lipinski definition) is 8. The zero-order valence-electron chi connectivity index (χ0n) is 17.3. The van der Waals surface area contributed by atoms with Gasteiger partial charge in [0.1, 0.15) is 18.1 Å². The van der Waals surface area contributed by atoms with E-state index >= 15 is 0 Å². The average Bonchev–Trinajstić information content (AvgIpc) is 3.21. The van der Waals surface area contributed by atoms with Crippen LogP contribution < -0.4 is 27.8 Å². The molecular weight excluding hydrogens is 428 g/mol. The molecule has 4 amide bonds. The van der Waals surface area contributed by atoms with Crippen molar-refractivity contribution >= 4 is 42.2 Å². The second-order valence-corrected chi connectivity index (χ2v) is 7.76. The van der Waals surface area contributed by atoms with Gasteiger partial charge in [-0.1, -0.05) is 0 Å². The number of nitrogens with one attached hydrogen (secondary N) is 2. The van der Waals surface area contributed by atoms with Crippen molar-refractivity contribution in [1.82, 2.24) is 15.5 Å². The van der Waals surface area contributed by atoms with Crippen molar-refractivity contribution < 1.29 is 29.1 Å². The maximum Gasteiger partial charge on any atom is 0.326 e. The summed E-state index contributed by atoms with van der Waals surface area (Å²) < 4.78 is 0. The predicted molar refractivity (Wildman–Crippen MR) is 115 cm³/mol. The lowest BCUT2D eigenvalue weighted by atomic mass is 10.1. The summed E-state index contributed by atoms with van der Waals surface area (Å²) in [4.78, 5) is 61.9. The van der Waals surface area contributed by atoms with Gasteiger partial charge in [0, 0.05) is 12.3 Å². The zero-order chi connectivity index (χ0) is 23.6. The van der Waals surface area contributed by atoms with E-state index in [0.717, 1.165) is 4.90 Å². The monoisotopic (exact) mass is 460 g/mol. The number of amides is 4. The van der Waals surface area contributed by atoms with Crippen LogP contribution in [0.25, 0.3) is 0 Å². The van der Waals surface area contributed by atoms with Crippen LogP contribution in [0.5, 0.6) is 0 Å². The summed E-state index contributed by atoms with van der Waals surface area (Å²) >= 11 is 3.96. The Hall–Kier alpha value is -2.38. The highest BCUT2D eigenvalue weighted by atomic mass is 32.1. The Morgan fingerprint density at radius 1 is 1.10 bits per heavy atom. The third-order valence-electron chi connectivity index (χ3n) is 4.95. The minimum Gasteiger partial charge on any atom is -0.480 e. The molecule has 1 aliphatic rings. The predicted octanol–water partition coefficient (Wildman–Crippen LogP) is -2.71. The van der Waals surface area contributed by atoms with E-state index in [1.54, 1.807) is 0 Å². The van der Waals surface area contributed by atoms with Gasteiger partial charge in [-0.2, -0.15) is 12.6 Å². The number of aliphatic carboxylic acids is 1. The molecule has 9 N–H and O–H groups in total. The molecule has 12 nitrogen and oxygen atoms in total. The molecule has 0 aromatic rings. The number of carboxylic acid groups (broad SMARTS) is 1. The first kappa shape index (κ1) is 26.7. The zero-order valence-corrected chi connectivity index (χ0v) is 18.2. The van der Waals surface area contributed by atoms with Gasteiger partial charge in [-0.05, 0) is 38.6 Å². The van der Waals surface area contributed by atoms with E-state index in [4.69, 9.17) is 17.2 Å². The number of carbonyl (C=O) groups excluding carboxylic acids is 4. The fourth-order valence-electron chi connectivity index (χ4n) is 3.28. The molecule has 0 aromatic heterocycles. The molecule has 176 valence electrons. The number of rotatable bonds is 13. The van der Waals surface area contributed by atoms with Crippen molar-refractivity contribution in [3.8, 4) is 0 Å². The highest BCUT2D eigenvalue weighted by molar-refractivity contribution is 7.80. The van der Waals surface area contributed by atoms with E-state index < -0.39 is 60.2 Å². The summed E-state index contributed by atoms with van der Waals surface area (Å²) in [7, 11) is 0. The van der Waals surface area contributed by atoms with Crippen LogP contribution in [-0.4, -0.2) is 82.6 Å². The molecule has 0 aliphatic carbocycles. The van der Waals surface area contributed by atoms with E-state index in [1.165, 1.54) is 0 Å². The van der Waals surface area contributed by atoms with E-state index in [0.29, 0.717) is 25.8 Å². The molecule has 1 saturated heterocycles. The Kier molecular flexibility index (Phi) is 11.3. The van der Waals surface area contributed by atoms with E-state index in [1.807, 2.05) is 0 Å². The molecule has 1 rings (SSSR count). The minimum atomic E-state index is -1.35. The van der Waals surface area contributed by atoms with Gasteiger partial charge < -0.3 is 37.8 Å². The maximum absolute atomic E-state index is 12.9. The van der Waals surface area contributed by atoms with Crippen molar-refractivity contribution in [3.05, 3.63) is 0 Å². The number of hydrogen-bond donors (Lipinski definition) is 7. The smallest absolute Gasteiger partial charge is 0.326 e. The van der Waals surface area contributed by atoms with Crippen molar-refractivity contribution in [1.29, 1.82) is 0 Å². The van der Waals surface area contributed by atoms with Gasteiger partial charge >= 0.3 is 5.97 Å². The summed E-state index contributed by atoms with van der Waals surface area (Å²) in [5.41, 5.74) is 16.3. The molecule has 4 atom stereocenters. The van der Waals surface area contributed by atoms with Crippen LogP contribution in [0.1, 0.15) is 38.5 Å². The normalized spacial score (nSPS) is 18.7. The molecule has 1 fully saturated rings. The Morgan fingerprint density at radius 2 is 1.74 bits per heavy atom. The van der Waals surface area contributed by atoms with Crippen LogP contribution in [0.2, 0.25) is 0 Å². The summed E-state index contributed by atoms with van der Waals surface area (Å²) in [6.45, 7) is 0.584. The lowest BCUT2D eigenvalue weighted by Gasteiger charge is -2.28. The van der Waals surface area contributed by atoms with E-state index in [2.05, 4.69) is 23.3 Å². The number of likely N-dealkylation sites (tertiary alicyclic amines) is 1. The van der Waals surface area contributed by atoms with Crippen LogP contribution in [0.4, 0.5) is 0 Å². The SMILES string of the molecule is NCCCCC(NC(=O)C(N)CS)C(=O)NC(CC(N)=O)C(=O)N1CCCC1C(=O)O. The van der Waals surface area contributed by atoms with E-state index in [-0.39, 0.29) is 25.1 Å². The molecule has 0 radical (unpaired) electrons. The molecular formula is C18H32N6O6S. The van der Waals surface area contributed by atoms with Gasteiger partial charge in [0.15, 0.2) is 0 Å². The Bertz CT molecular complexity index is 678. The molecule has 1 heterocycles. The van der Waals surface area contributed by atoms with Crippen LogP contribution in [0.15, 0.2) is 0 Å². The van der Waals surface area contributed by atoms with Gasteiger partial charge in [-0.25, -0.2) is 4.79 Å². The van der Waals surface area contributed by atoms with E-state index in [9.17, 15) is 29.1 Å². The van der Waals surface area contributed by atoms with Gasteiger partial charge in [-0.3, -0.25) is 19.2 Å². The number of nitrogens with two attached hydrogens (primary N) is 3. The summed E-state index contributed by atoms with van der Waals surface area (Å²) in [5.74, 6) is -3.95. The number of unbranched alkanes of at least 4 members (excludes halogenated alkanes) is 1. The lowest BCUT2D eigenvalue weighted by Crippen LogP contribution is -2.58. The Labute approximate surface area is 186 Å². The first-order valence-corrected chi connectivity index (χ1v) is 10.7. The van der Waals surface area contributed by atoms with Crippen LogP contribution in [0, 0.1) is 0 Å². The molecule has 0 spiro atoms. The number of primary amides is 1. The molecule has 31 heavy (non-hydrogen) atoms. The first-order chi connectivity index (χ1) is 14.6. The second-order valence-electron chi connectivity index (χ2n) is 7.39. The van der Waals surface area contributed by atoms with Crippen molar-refractivity contribution in [2.24, 2.45) is 17.2 Å². The standard InChI is InChI=1S/C18H32N6O6S/c19-6-2-1-4-11(22-15(26)10(20)9-31)16(27)23-12(8-14(21)25)17(28)24-7-3-5-13(24)18(29)30/h10-13,31H,1-9,19-20H2,(H2,21,25)(H,22,26)(H,23,27)(H,29,30). The van der Waals surface area contributed by atoms with Gasteiger partial charge in [0.05, 0.1) is 12.5 Å². The topological polar surface area (TPSA) is 211 Å². The number of carbonyl (C=O) groups is 5. The second kappa shape index (κ2) is 13.1. The molecule has 0 saturated carbocycles. The minimum absolute atomic E-state index is 0.0668. The number of thiol groups is 1. The molecule has 1 aliphatic heterocycles. The van der Waals surface area contributed by atoms with Gasteiger partial charge in [0.2, 0.25) is 23.6 Å². The highest BCUT2D eigenvalue weighted by Gasteiger charge is 2.38. The van der Waals surface area contributed by atoms with Gasteiger partial charge in [0.25, 0.3) is 0 Å². The molecule has 4 unspecified atom stereocenters. The third-order valence-corrected chi connectivity index (χ3v) is 5.35. The molecule has 0 bridgehead atoms. The van der Waals surface area contributed by atoms with Crippen molar-refractivity contribution in [2.75, 3.05) is 18.8 Å². The largest absolute Gasteiger partial charge is 0.480 e. The number of nitrogens with zero attached hydrogens (tertiary/aromatic N) is 1. The summed E-state index contributed by atoms with van der Waals surface area (Å²) in [5, 5.41) is 14.3. The number of carboxylic acids is 1. The third kappa shape index (κ3) is 8.34.